The zero-order valence-corrected chi connectivity index (χ0v) is 18.4. The van der Waals surface area contributed by atoms with Gasteiger partial charge in [0, 0.05) is 17.5 Å². The summed E-state index contributed by atoms with van der Waals surface area (Å²) in [5, 5.41) is 17.0. The van der Waals surface area contributed by atoms with Crippen molar-refractivity contribution in [2.24, 2.45) is 5.92 Å². The minimum absolute atomic E-state index is 0.315. The van der Waals surface area contributed by atoms with E-state index in [1.54, 1.807) is 12.3 Å². The number of nitrogens with one attached hydrogen (secondary N) is 2. The minimum atomic E-state index is 0.315. The number of furan rings is 1. The van der Waals surface area contributed by atoms with E-state index in [0.717, 1.165) is 21.6 Å². The molecule has 2 N–H and O–H groups in total. The lowest BCUT2D eigenvalue weighted by Gasteiger charge is -2.29. The first-order valence-corrected chi connectivity index (χ1v) is 11.5. The molecular formula is C22H31BrN4O. The molecule has 2 aromatic heterocycles. The molecule has 0 saturated heterocycles. The molecule has 5 nitrogen and oxygen atoms in total. The Balaban J connectivity index is 1.40. The molecule has 1 aliphatic rings. The molecule has 28 heavy (non-hydrogen) atoms. The Morgan fingerprint density at radius 2 is 2.00 bits per heavy atom. The van der Waals surface area contributed by atoms with Crippen LogP contribution in [0.3, 0.4) is 0 Å². The van der Waals surface area contributed by atoms with Crippen molar-refractivity contribution in [3.05, 3.63) is 22.5 Å². The monoisotopic (exact) mass is 446 g/mol. The molecule has 1 aliphatic carbocycles. The van der Waals surface area contributed by atoms with Crippen LogP contribution >= 0.6 is 15.9 Å². The molecule has 1 fully saturated rings. The molecule has 0 unspecified atom stereocenters. The van der Waals surface area contributed by atoms with E-state index in [-0.39, 0.29) is 0 Å². The van der Waals surface area contributed by atoms with Gasteiger partial charge in [0.15, 0.2) is 5.58 Å². The maximum absolute atomic E-state index is 9.01. The summed E-state index contributed by atoms with van der Waals surface area (Å²) in [6, 6.07) is 4.28. The van der Waals surface area contributed by atoms with E-state index < -0.39 is 0 Å². The number of hydrogen-bond donors (Lipinski definition) is 2. The van der Waals surface area contributed by atoms with Gasteiger partial charge in [0.25, 0.3) is 0 Å². The van der Waals surface area contributed by atoms with Crippen LogP contribution in [-0.2, 0) is 0 Å². The maximum atomic E-state index is 9.01. The van der Waals surface area contributed by atoms with E-state index in [1.165, 1.54) is 70.9 Å². The normalized spacial score (nSPS) is 19.6. The summed E-state index contributed by atoms with van der Waals surface area (Å²) in [5.41, 5.74) is 0.641. The summed E-state index contributed by atoms with van der Waals surface area (Å²) in [5.74, 6) is 2.04. The van der Waals surface area contributed by atoms with Gasteiger partial charge < -0.3 is 15.1 Å². The lowest BCUT2D eigenvalue weighted by Crippen LogP contribution is -2.26. The van der Waals surface area contributed by atoms with Crippen LogP contribution in [0.2, 0.25) is 0 Å². The first-order chi connectivity index (χ1) is 13.7. The van der Waals surface area contributed by atoms with Crippen molar-refractivity contribution < 1.29 is 4.42 Å². The smallest absolute Gasteiger partial charge is 0.204 e. The van der Waals surface area contributed by atoms with Crippen LogP contribution < -0.4 is 10.6 Å². The van der Waals surface area contributed by atoms with E-state index in [9.17, 15) is 0 Å². The molecule has 152 valence electrons. The largest absolute Gasteiger partial charge is 0.444 e. The first kappa shape index (κ1) is 21.1. The zero-order valence-electron chi connectivity index (χ0n) is 16.8. The van der Waals surface area contributed by atoms with Crippen LogP contribution in [0.25, 0.3) is 11.0 Å². The molecule has 0 aliphatic heterocycles. The number of hydrogen-bond acceptors (Lipinski definition) is 5. The second kappa shape index (κ2) is 10.8. The molecule has 0 bridgehead atoms. The van der Waals surface area contributed by atoms with Gasteiger partial charge in [0.2, 0.25) is 5.76 Å². The second-order valence-electron chi connectivity index (χ2n) is 7.88. The van der Waals surface area contributed by atoms with Crippen LogP contribution in [0.1, 0.15) is 70.5 Å². The van der Waals surface area contributed by atoms with Crippen molar-refractivity contribution in [3.63, 3.8) is 0 Å². The summed E-state index contributed by atoms with van der Waals surface area (Å²) in [4.78, 5) is 4.49. The van der Waals surface area contributed by atoms with Gasteiger partial charge in [-0.15, -0.1) is 0 Å². The highest BCUT2D eigenvalue weighted by Crippen LogP contribution is 2.34. The highest BCUT2D eigenvalue weighted by atomic mass is 79.9. The summed E-state index contributed by atoms with van der Waals surface area (Å²) in [6.45, 7) is 4.57. The second-order valence-corrected chi connectivity index (χ2v) is 8.68. The quantitative estimate of drug-likeness (QED) is 0.438. The Morgan fingerprint density at radius 3 is 2.75 bits per heavy atom. The van der Waals surface area contributed by atoms with E-state index in [1.807, 2.05) is 6.07 Å². The summed E-state index contributed by atoms with van der Waals surface area (Å²) in [7, 11) is 0. The van der Waals surface area contributed by atoms with Crippen molar-refractivity contribution in [2.75, 3.05) is 18.4 Å². The Kier molecular flexibility index (Phi) is 8.17. The fraction of sp³-hybridized carbons (Fsp3) is 0.636. The minimum Gasteiger partial charge on any atom is -0.444 e. The fourth-order valence-corrected chi connectivity index (χ4v) is 4.56. The SMILES string of the molecule is CCCCNCCCCC1CCC(Nc2ncc3oc(C#N)cc3c2Br)CC1. The van der Waals surface area contributed by atoms with Crippen LogP contribution in [0.5, 0.6) is 0 Å². The molecule has 0 amide bonds. The Morgan fingerprint density at radius 1 is 1.21 bits per heavy atom. The van der Waals surface area contributed by atoms with Gasteiger partial charge in [-0.25, -0.2) is 4.98 Å². The molecule has 0 aromatic carbocycles. The van der Waals surface area contributed by atoms with Gasteiger partial charge in [0.1, 0.15) is 11.9 Å². The number of nitrogens with zero attached hydrogens (tertiary/aromatic N) is 2. The third-order valence-electron chi connectivity index (χ3n) is 5.74. The number of halogens is 1. The third kappa shape index (κ3) is 5.71. The molecule has 2 aromatic rings. The van der Waals surface area contributed by atoms with E-state index in [0.29, 0.717) is 17.4 Å². The van der Waals surface area contributed by atoms with Crippen molar-refractivity contribution in [3.8, 4) is 6.07 Å². The van der Waals surface area contributed by atoms with Gasteiger partial charge in [-0.05, 0) is 73.5 Å². The van der Waals surface area contributed by atoms with Crippen LogP contribution in [0.15, 0.2) is 21.2 Å². The van der Waals surface area contributed by atoms with Crippen LogP contribution in [0, 0.1) is 17.2 Å². The highest BCUT2D eigenvalue weighted by Gasteiger charge is 2.22. The van der Waals surface area contributed by atoms with E-state index in [4.69, 9.17) is 9.68 Å². The summed E-state index contributed by atoms with van der Waals surface area (Å²) < 4.78 is 6.33. The predicted molar refractivity (Wildman–Crippen MR) is 117 cm³/mol. The molecule has 0 spiro atoms. The molecule has 6 heteroatoms. The van der Waals surface area contributed by atoms with Gasteiger partial charge in [-0.2, -0.15) is 5.26 Å². The lowest BCUT2D eigenvalue weighted by atomic mass is 9.83. The molecular weight excluding hydrogens is 416 g/mol. The van der Waals surface area contributed by atoms with Crippen LogP contribution in [-0.4, -0.2) is 24.1 Å². The van der Waals surface area contributed by atoms with Crippen molar-refractivity contribution >= 4 is 32.7 Å². The Hall–Kier alpha value is -1.58. The zero-order chi connectivity index (χ0) is 19.8. The Labute approximate surface area is 176 Å². The van der Waals surface area contributed by atoms with Gasteiger partial charge in [0.05, 0.1) is 10.7 Å². The summed E-state index contributed by atoms with van der Waals surface area (Å²) >= 11 is 3.63. The van der Waals surface area contributed by atoms with Crippen molar-refractivity contribution in [2.45, 2.75) is 70.8 Å². The number of nitriles is 1. The standard InChI is InChI=1S/C22H31BrN4O/c1-2-3-11-25-12-5-4-6-16-7-9-17(10-8-16)27-22-21(23)19-13-18(14-24)28-20(19)15-26-22/h13,15-17,25H,2-12H2,1H3,(H,26,27). The number of pyridine rings is 1. The van der Waals surface area contributed by atoms with Gasteiger partial charge >= 0.3 is 0 Å². The van der Waals surface area contributed by atoms with E-state index >= 15 is 0 Å². The average molecular weight is 447 g/mol. The first-order valence-electron chi connectivity index (χ1n) is 10.7. The van der Waals surface area contributed by atoms with Crippen LogP contribution in [0.4, 0.5) is 5.82 Å². The van der Waals surface area contributed by atoms with Gasteiger partial charge in [-0.3, -0.25) is 0 Å². The summed E-state index contributed by atoms with van der Waals surface area (Å²) in [6.07, 6.45) is 13.2. The van der Waals surface area contributed by atoms with E-state index in [2.05, 4.69) is 38.5 Å². The number of unbranched alkanes of at least 4 members (excludes halogenated alkanes) is 2. The molecule has 1 saturated carbocycles. The Bertz CT molecular complexity index is 790. The molecule has 0 radical (unpaired) electrons. The van der Waals surface area contributed by atoms with Gasteiger partial charge in [-0.1, -0.05) is 26.2 Å². The molecule has 3 rings (SSSR count). The predicted octanol–water partition coefficient (Wildman–Crippen LogP) is 5.99. The number of rotatable bonds is 10. The van der Waals surface area contributed by atoms with Crippen molar-refractivity contribution in [1.82, 2.24) is 10.3 Å². The maximum Gasteiger partial charge on any atom is 0.204 e. The topological polar surface area (TPSA) is 73.9 Å². The number of aromatic nitrogens is 1. The average Bonchev–Trinajstić information content (AvgIpc) is 3.15. The third-order valence-corrected chi connectivity index (χ3v) is 6.54. The lowest BCUT2D eigenvalue weighted by molar-refractivity contribution is 0.312. The number of fused-ring (bicyclic) bond motifs is 1. The number of anilines is 1. The van der Waals surface area contributed by atoms with Crippen molar-refractivity contribution in [1.29, 1.82) is 5.26 Å². The fourth-order valence-electron chi connectivity index (χ4n) is 4.03. The molecule has 2 heterocycles. The molecule has 0 atom stereocenters. The highest BCUT2D eigenvalue weighted by molar-refractivity contribution is 9.10.